The predicted molar refractivity (Wildman–Crippen MR) is 83.6 cm³/mol. The first-order chi connectivity index (χ1) is 9.13. The van der Waals surface area contributed by atoms with E-state index in [0.29, 0.717) is 12.1 Å². The van der Waals surface area contributed by atoms with Crippen molar-refractivity contribution in [2.75, 3.05) is 27.2 Å². The van der Waals surface area contributed by atoms with Crippen LogP contribution in [0.1, 0.15) is 37.8 Å². The van der Waals surface area contributed by atoms with Crippen molar-refractivity contribution in [1.29, 1.82) is 0 Å². The Hall–Kier alpha value is -0.420. The van der Waals surface area contributed by atoms with Gasteiger partial charge < -0.3 is 10.6 Å². The molecular weight excluding hydrogens is 254 g/mol. The van der Waals surface area contributed by atoms with E-state index in [1.54, 1.807) is 11.3 Å². The molecule has 3 nitrogen and oxygen atoms in total. The summed E-state index contributed by atoms with van der Waals surface area (Å²) in [7, 11) is 4.47. The highest BCUT2D eigenvalue weighted by atomic mass is 32.1. The van der Waals surface area contributed by atoms with Crippen LogP contribution in [0.2, 0.25) is 0 Å². The summed E-state index contributed by atoms with van der Waals surface area (Å²) in [5, 5.41) is 4.42. The molecule has 1 aromatic rings. The van der Waals surface area contributed by atoms with Crippen LogP contribution in [0.4, 0.5) is 0 Å². The lowest BCUT2D eigenvalue weighted by atomic mass is 9.94. The summed E-state index contributed by atoms with van der Waals surface area (Å²) in [6.45, 7) is 4.59. The molecular formula is C15H27N3S. The summed E-state index contributed by atoms with van der Waals surface area (Å²) in [5.41, 5.74) is 7.79. The maximum absolute atomic E-state index is 6.40. The van der Waals surface area contributed by atoms with Crippen molar-refractivity contribution in [2.45, 2.75) is 44.3 Å². The van der Waals surface area contributed by atoms with E-state index in [2.05, 4.69) is 47.6 Å². The minimum Gasteiger partial charge on any atom is -0.326 e. The van der Waals surface area contributed by atoms with Gasteiger partial charge in [0.2, 0.25) is 0 Å². The van der Waals surface area contributed by atoms with E-state index < -0.39 is 0 Å². The fraction of sp³-hybridized carbons (Fsp3) is 0.733. The number of piperidine rings is 1. The first-order valence-electron chi connectivity index (χ1n) is 7.31. The Morgan fingerprint density at radius 3 is 2.68 bits per heavy atom. The predicted octanol–water partition coefficient (Wildman–Crippen LogP) is 2.55. The SMILES string of the molecule is CCC(N)C(c1ccsc1)N(C)C1CCN(C)CC1. The molecule has 1 aromatic heterocycles. The number of thiophene rings is 1. The molecule has 0 amide bonds. The lowest BCUT2D eigenvalue weighted by molar-refractivity contribution is 0.0937. The van der Waals surface area contributed by atoms with Gasteiger partial charge in [0.25, 0.3) is 0 Å². The van der Waals surface area contributed by atoms with Crippen LogP contribution in [0.5, 0.6) is 0 Å². The molecule has 1 fully saturated rings. The third-order valence-corrected chi connectivity index (χ3v) is 5.17. The highest BCUT2D eigenvalue weighted by Crippen LogP contribution is 2.30. The molecule has 1 aliphatic heterocycles. The first-order valence-corrected chi connectivity index (χ1v) is 8.26. The Morgan fingerprint density at radius 2 is 2.16 bits per heavy atom. The zero-order valence-electron chi connectivity index (χ0n) is 12.4. The van der Waals surface area contributed by atoms with Gasteiger partial charge in [-0.3, -0.25) is 4.90 Å². The number of nitrogens with two attached hydrogens (primary N) is 1. The van der Waals surface area contributed by atoms with Crippen molar-refractivity contribution in [2.24, 2.45) is 5.73 Å². The van der Waals surface area contributed by atoms with Gasteiger partial charge >= 0.3 is 0 Å². The molecule has 2 N–H and O–H groups in total. The summed E-state index contributed by atoms with van der Waals surface area (Å²) in [4.78, 5) is 4.95. The number of nitrogens with zero attached hydrogens (tertiary/aromatic N) is 2. The molecule has 0 saturated carbocycles. The molecule has 1 saturated heterocycles. The van der Waals surface area contributed by atoms with Crippen molar-refractivity contribution in [3.8, 4) is 0 Å². The minimum atomic E-state index is 0.222. The lowest BCUT2D eigenvalue weighted by Crippen LogP contribution is -2.47. The molecule has 1 aliphatic rings. The highest BCUT2D eigenvalue weighted by molar-refractivity contribution is 7.07. The van der Waals surface area contributed by atoms with Crippen LogP contribution in [0, 0.1) is 0 Å². The second-order valence-electron chi connectivity index (χ2n) is 5.77. The average Bonchev–Trinajstić information content (AvgIpc) is 2.93. The van der Waals surface area contributed by atoms with Gasteiger partial charge in [-0.15, -0.1) is 0 Å². The lowest BCUT2D eigenvalue weighted by Gasteiger charge is -2.41. The van der Waals surface area contributed by atoms with Crippen molar-refractivity contribution < 1.29 is 0 Å². The van der Waals surface area contributed by atoms with E-state index >= 15 is 0 Å². The highest BCUT2D eigenvalue weighted by Gasteiger charge is 2.30. The van der Waals surface area contributed by atoms with E-state index in [0.717, 1.165) is 6.42 Å². The van der Waals surface area contributed by atoms with E-state index in [1.165, 1.54) is 31.5 Å². The molecule has 0 bridgehead atoms. The fourth-order valence-corrected chi connectivity index (χ4v) is 3.77. The molecule has 2 unspecified atom stereocenters. The van der Waals surface area contributed by atoms with Gasteiger partial charge in [0.15, 0.2) is 0 Å². The summed E-state index contributed by atoms with van der Waals surface area (Å²) < 4.78 is 0. The second kappa shape index (κ2) is 6.84. The third kappa shape index (κ3) is 3.57. The van der Waals surface area contributed by atoms with Gasteiger partial charge in [0.1, 0.15) is 0 Å². The van der Waals surface area contributed by atoms with Crippen LogP contribution >= 0.6 is 11.3 Å². The minimum absolute atomic E-state index is 0.222. The molecule has 0 aliphatic carbocycles. The molecule has 0 spiro atoms. The standard InChI is InChI=1S/C15H27N3S/c1-4-14(16)15(12-7-10-19-11-12)18(3)13-5-8-17(2)9-6-13/h7,10-11,13-15H,4-6,8-9,16H2,1-3H3. The molecule has 2 rings (SSSR count). The maximum Gasteiger partial charge on any atom is 0.0507 e. The van der Waals surface area contributed by atoms with Crippen molar-refractivity contribution in [3.63, 3.8) is 0 Å². The molecule has 0 radical (unpaired) electrons. The maximum atomic E-state index is 6.40. The van der Waals surface area contributed by atoms with Crippen LogP contribution in [0.3, 0.4) is 0 Å². The number of rotatable bonds is 5. The van der Waals surface area contributed by atoms with Crippen LogP contribution in [0.25, 0.3) is 0 Å². The molecule has 19 heavy (non-hydrogen) atoms. The molecule has 108 valence electrons. The number of hydrogen-bond acceptors (Lipinski definition) is 4. The zero-order chi connectivity index (χ0) is 13.8. The van der Waals surface area contributed by atoms with Crippen molar-refractivity contribution in [3.05, 3.63) is 22.4 Å². The quantitative estimate of drug-likeness (QED) is 0.900. The number of hydrogen-bond donors (Lipinski definition) is 1. The topological polar surface area (TPSA) is 32.5 Å². The van der Waals surface area contributed by atoms with E-state index in [1.807, 2.05) is 0 Å². The summed E-state index contributed by atoms with van der Waals surface area (Å²) >= 11 is 1.77. The average molecular weight is 281 g/mol. The summed E-state index contributed by atoms with van der Waals surface area (Å²) in [5.74, 6) is 0. The van der Waals surface area contributed by atoms with Gasteiger partial charge in [-0.05, 0) is 68.8 Å². The van der Waals surface area contributed by atoms with Gasteiger partial charge in [-0.25, -0.2) is 0 Å². The monoisotopic (exact) mass is 281 g/mol. The zero-order valence-corrected chi connectivity index (χ0v) is 13.2. The van der Waals surface area contributed by atoms with Gasteiger partial charge in [-0.1, -0.05) is 6.92 Å². The smallest absolute Gasteiger partial charge is 0.0507 e. The van der Waals surface area contributed by atoms with E-state index in [-0.39, 0.29) is 6.04 Å². The Bertz CT molecular complexity index is 357. The number of likely N-dealkylation sites (N-methyl/N-ethyl adjacent to an activating group) is 1. The van der Waals surface area contributed by atoms with Gasteiger partial charge in [0.05, 0.1) is 6.04 Å². The van der Waals surface area contributed by atoms with E-state index in [4.69, 9.17) is 5.73 Å². The van der Waals surface area contributed by atoms with Gasteiger partial charge in [0, 0.05) is 12.1 Å². The molecule has 0 aromatic carbocycles. The van der Waals surface area contributed by atoms with Crippen molar-refractivity contribution in [1.82, 2.24) is 9.80 Å². The summed E-state index contributed by atoms with van der Waals surface area (Å²) in [6.07, 6.45) is 3.53. The summed E-state index contributed by atoms with van der Waals surface area (Å²) in [6, 6.07) is 3.48. The van der Waals surface area contributed by atoms with Crippen LogP contribution in [-0.2, 0) is 0 Å². The van der Waals surface area contributed by atoms with Crippen molar-refractivity contribution >= 4 is 11.3 Å². The Kier molecular flexibility index (Phi) is 5.39. The fourth-order valence-electron chi connectivity index (χ4n) is 3.08. The van der Waals surface area contributed by atoms with E-state index in [9.17, 15) is 0 Å². The first kappa shape index (κ1) is 15.0. The molecule has 4 heteroatoms. The van der Waals surface area contributed by atoms with Crippen LogP contribution < -0.4 is 5.73 Å². The normalized spacial score (nSPS) is 21.7. The molecule has 2 atom stereocenters. The van der Waals surface area contributed by atoms with Crippen LogP contribution in [-0.4, -0.2) is 49.1 Å². The Labute approximate surface area is 121 Å². The second-order valence-corrected chi connectivity index (χ2v) is 6.55. The largest absolute Gasteiger partial charge is 0.326 e. The Balaban J connectivity index is 2.09. The third-order valence-electron chi connectivity index (χ3n) is 4.46. The molecule has 2 heterocycles. The Morgan fingerprint density at radius 1 is 1.47 bits per heavy atom. The van der Waals surface area contributed by atoms with Gasteiger partial charge in [-0.2, -0.15) is 11.3 Å². The number of likely N-dealkylation sites (tertiary alicyclic amines) is 1. The van der Waals surface area contributed by atoms with Crippen LogP contribution in [0.15, 0.2) is 16.8 Å².